The summed E-state index contributed by atoms with van der Waals surface area (Å²) >= 11 is 0.751. The summed E-state index contributed by atoms with van der Waals surface area (Å²) in [6.45, 7) is 0. The third-order valence-electron chi connectivity index (χ3n) is 4.64. The molecule has 162 valence electrons. The molecule has 0 saturated carbocycles. The molecule has 1 N–H and O–H groups in total. The fraction of sp³-hybridized carbons (Fsp3) is 0. The first kappa shape index (κ1) is 20.3. The van der Waals surface area contributed by atoms with Gasteiger partial charge >= 0.3 is 5.00 Å². The van der Waals surface area contributed by atoms with Crippen LogP contribution in [-0.4, -0.2) is 35.6 Å². The van der Waals surface area contributed by atoms with Crippen molar-refractivity contribution in [1.82, 2.24) is 24.7 Å². The molecular weight excluding hydrogens is 449 g/mol. The summed E-state index contributed by atoms with van der Waals surface area (Å²) in [4.78, 5) is 36.0. The number of halogens is 1. The number of thiophene rings is 1. The molecule has 0 aliphatic heterocycles. The maximum absolute atomic E-state index is 13.3. The third-order valence-corrected chi connectivity index (χ3v) is 5.68. The van der Waals surface area contributed by atoms with E-state index < -0.39 is 16.8 Å². The van der Waals surface area contributed by atoms with Gasteiger partial charge in [0.15, 0.2) is 11.5 Å². The van der Waals surface area contributed by atoms with Crippen LogP contribution in [0.15, 0.2) is 67.0 Å². The van der Waals surface area contributed by atoms with Crippen LogP contribution in [-0.2, 0) is 0 Å². The Morgan fingerprint density at radius 3 is 2.58 bits per heavy atom. The number of aromatic nitrogens is 5. The summed E-state index contributed by atoms with van der Waals surface area (Å²) in [5.41, 5.74) is 1.57. The van der Waals surface area contributed by atoms with Gasteiger partial charge in [-0.2, -0.15) is 9.49 Å². The number of carbonyl (C=O) groups is 1. The number of nitro groups is 1. The summed E-state index contributed by atoms with van der Waals surface area (Å²) in [5, 5.41) is 18.3. The zero-order chi connectivity index (χ0) is 22.9. The Labute approximate surface area is 188 Å². The Kier molecular flexibility index (Phi) is 5.03. The topological polar surface area (TPSA) is 129 Å². The van der Waals surface area contributed by atoms with E-state index in [0.29, 0.717) is 16.6 Å². The SMILES string of the molecule is O=C(Nc1nc(-c2ccc(F)nc2)nc2c1cnn2-c1ccccc1)c1ccc([N+](=O)[O-])s1. The lowest BCUT2D eigenvalue weighted by Gasteiger charge is -2.09. The molecule has 0 saturated heterocycles. The van der Waals surface area contributed by atoms with Gasteiger partial charge in [-0.3, -0.25) is 14.9 Å². The highest BCUT2D eigenvalue weighted by Crippen LogP contribution is 2.29. The molecule has 0 fully saturated rings. The molecule has 10 nitrogen and oxygen atoms in total. The van der Waals surface area contributed by atoms with Gasteiger partial charge in [0, 0.05) is 17.8 Å². The van der Waals surface area contributed by atoms with E-state index in [1.54, 1.807) is 4.68 Å². The average Bonchev–Trinajstić information content (AvgIpc) is 3.48. The third kappa shape index (κ3) is 3.90. The van der Waals surface area contributed by atoms with E-state index in [1.807, 2.05) is 30.3 Å². The minimum atomic E-state index is -0.651. The molecule has 12 heteroatoms. The van der Waals surface area contributed by atoms with E-state index >= 15 is 0 Å². The Hall–Kier alpha value is -4.58. The summed E-state index contributed by atoms with van der Waals surface area (Å²) in [5.74, 6) is -0.867. The first-order chi connectivity index (χ1) is 16.0. The van der Waals surface area contributed by atoms with Gasteiger partial charge in [0.25, 0.3) is 5.91 Å². The second-order valence-electron chi connectivity index (χ2n) is 6.74. The Bertz CT molecular complexity index is 1500. The second kappa shape index (κ2) is 8.16. The fourth-order valence-corrected chi connectivity index (χ4v) is 3.83. The van der Waals surface area contributed by atoms with Crippen LogP contribution in [0.2, 0.25) is 0 Å². The summed E-state index contributed by atoms with van der Waals surface area (Å²) in [7, 11) is 0. The molecule has 5 aromatic rings. The molecule has 0 atom stereocenters. The monoisotopic (exact) mass is 461 g/mol. The van der Waals surface area contributed by atoms with Crippen molar-refractivity contribution in [2.45, 2.75) is 0 Å². The van der Waals surface area contributed by atoms with E-state index in [9.17, 15) is 19.3 Å². The Morgan fingerprint density at radius 2 is 1.88 bits per heavy atom. The Morgan fingerprint density at radius 1 is 1.06 bits per heavy atom. The fourth-order valence-electron chi connectivity index (χ4n) is 3.12. The van der Waals surface area contributed by atoms with Crippen LogP contribution in [0, 0.1) is 16.1 Å². The van der Waals surface area contributed by atoms with E-state index in [2.05, 4.69) is 25.4 Å². The van der Waals surface area contributed by atoms with Crippen LogP contribution < -0.4 is 5.32 Å². The van der Waals surface area contributed by atoms with Crippen LogP contribution in [0.4, 0.5) is 15.2 Å². The van der Waals surface area contributed by atoms with Gasteiger partial charge in [-0.25, -0.2) is 19.6 Å². The van der Waals surface area contributed by atoms with Crippen LogP contribution >= 0.6 is 11.3 Å². The van der Waals surface area contributed by atoms with Crippen molar-refractivity contribution < 1.29 is 14.1 Å². The molecule has 1 aromatic carbocycles. The van der Waals surface area contributed by atoms with Gasteiger partial charge in [-0.05, 0) is 30.3 Å². The maximum Gasteiger partial charge on any atom is 0.324 e. The van der Waals surface area contributed by atoms with Gasteiger partial charge in [0.1, 0.15) is 5.82 Å². The second-order valence-corrected chi connectivity index (χ2v) is 7.81. The van der Waals surface area contributed by atoms with Crippen LogP contribution in [0.5, 0.6) is 0 Å². The molecule has 0 spiro atoms. The highest BCUT2D eigenvalue weighted by Gasteiger charge is 2.20. The summed E-state index contributed by atoms with van der Waals surface area (Å²) in [6, 6.07) is 14.5. The van der Waals surface area contributed by atoms with E-state index in [-0.39, 0.29) is 21.5 Å². The number of pyridine rings is 1. The molecule has 0 bridgehead atoms. The van der Waals surface area contributed by atoms with Gasteiger partial charge in [-0.1, -0.05) is 29.5 Å². The number of hydrogen-bond donors (Lipinski definition) is 1. The number of carbonyl (C=O) groups excluding carboxylic acids is 1. The number of amides is 1. The van der Waals surface area contributed by atoms with Crippen LogP contribution in [0.3, 0.4) is 0 Å². The molecular formula is C21H12FN7O3S. The van der Waals surface area contributed by atoms with Gasteiger partial charge < -0.3 is 5.32 Å². The van der Waals surface area contributed by atoms with Crippen molar-refractivity contribution in [2.75, 3.05) is 5.32 Å². The van der Waals surface area contributed by atoms with E-state index in [1.165, 1.54) is 36.7 Å². The number of benzene rings is 1. The molecule has 0 unspecified atom stereocenters. The summed E-state index contributed by atoms with van der Waals surface area (Å²) < 4.78 is 14.9. The minimum absolute atomic E-state index is 0.147. The van der Waals surface area contributed by atoms with Crippen LogP contribution in [0.25, 0.3) is 28.1 Å². The molecule has 1 amide bonds. The van der Waals surface area contributed by atoms with E-state index in [4.69, 9.17) is 0 Å². The summed E-state index contributed by atoms with van der Waals surface area (Å²) in [6.07, 6.45) is 2.80. The van der Waals surface area contributed by atoms with Crippen molar-refractivity contribution in [2.24, 2.45) is 0 Å². The zero-order valence-electron chi connectivity index (χ0n) is 16.5. The van der Waals surface area contributed by atoms with Crippen molar-refractivity contribution in [3.05, 3.63) is 87.9 Å². The highest BCUT2D eigenvalue weighted by molar-refractivity contribution is 7.17. The number of nitrogens with zero attached hydrogens (tertiary/aromatic N) is 6. The zero-order valence-corrected chi connectivity index (χ0v) is 17.4. The molecule has 4 heterocycles. The molecule has 0 radical (unpaired) electrons. The molecule has 0 aliphatic rings. The Balaban J connectivity index is 1.63. The van der Waals surface area contributed by atoms with Crippen molar-refractivity contribution >= 4 is 39.1 Å². The number of nitrogens with one attached hydrogen (secondary N) is 1. The lowest BCUT2D eigenvalue weighted by atomic mass is 10.2. The van der Waals surface area contributed by atoms with Gasteiger partial charge in [-0.15, -0.1) is 0 Å². The smallest absolute Gasteiger partial charge is 0.305 e. The van der Waals surface area contributed by atoms with Crippen LogP contribution in [0.1, 0.15) is 9.67 Å². The normalized spacial score (nSPS) is 10.9. The first-order valence-corrected chi connectivity index (χ1v) is 10.3. The van der Waals surface area contributed by atoms with Crippen molar-refractivity contribution in [1.29, 1.82) is 0 Å². The number of hydrogen-bond acceptors (Lipinski definition) is 8. The predicted octanol–water partition coefficient (Wildman–Crippen LogP) is 4.24. The van der Waals surface area contributed by atoms with Crippen molar-refractivity contribution in [3.63, 3.8) is 0 Å². The quantitative estimate of drug-likeness (QED) is 0.235. The minimum Gasteiger partial charge on any atom is -0.305 e. The molecule has 5 rings (SSSR count). The molecule has 0 aliphatic carbocycles. The maximum atomic E-state index is 13.3. The lowest BCUT2D eigenvalue weighted by molar-refractivity contribution is -0.380. The number of anilines is 1. The standard InChI is InChI=1S/C21H12FN7O3S/c22-16-8-6-12(10-23-16)18-25-19(27-21(30)15-7-9-17(33-15)29(31)32)14-11-24-28(20(14)26-18)13-4-2-1-3-5-13/h1-11H,(H,25,26,27,30). The number of rotatable bonds is 5. The van der Waals surface area contributed by atoms with E-state index in [0.717, 1.165) is 17.0 Å². The van der Waals surface area contributed by atoms with Gasteiger partial charge in [0.05, 0.1) is 27.1 Å². The predicted molar refractivity (Wildman–Crippen MR) is 119 cm³/mol. The number of para-hydroxylation sites is 1. The highest BCUT2D eigenvalue weighted by atomic mass is 32.1. The first-order valence-electron chi connectivity index (χ1n) is 9.48. The average molecular weight is 461 g/mol. The molecule has 4 aromatic heterocycles. The largest absolute Gasteiger partial charge is 0.324 e. The molecule has 33 heavy (non-hydrogen) atoms. The van der Waals surface area contributed by atoms with Crippen molar-refractivity contribution in [3.8, 4) is 17.1 Å². The lowest BCUT2D eigenvalue weighted by Crippen LogP contribution is -2.12. The number of fused-ring (bicyclic) bond motifs is 1. The van der Waals surface area contributed by atoms with Gasteiger partial charge in [0.2, 0.25) is 5.95 Å².